The normalized spacial score (nSPS) is 27.4. The van der Waals surface area contributed by atoms with E-state index in [2.05, 4.69) is 0 Å². The second-order valence-corrected chi connectivity index (χ2v) is 8.98. The number of aliphatic hydroxyl groups is 2. The fourth-order valence-corrected chi connectivity index (χ4v) is 4.30. The van der Waals surface area contributed by atoms with Crippen LogP contribution >= 0.6 is 0 Å². The molecule has 2 atom stereocenters. The molecule has 1 saturated heterocycles. The van der Waals surface area contributed by atoms with Gasteiger partial charge >= 0.3 is 0 Å². The molecule has 0 spiro atoms. The molecule has 0 unspecified atom stereocenters. The highest BCUT2D eigenvalue weighted by atomic mass is 32.2. The zero-order valence-electron chi connectivity index (χ0n) is 12.8. The fourth-order valence-electron chi connectivity index (χ4n) is 2.62. The van der Waals surface area contributed by atoms with Gasteiger partial charge in [-0.05, 0) is 39.5 Å². The summed E-state index contributed by atoms with van der Waals surface area (Å²) in [5, 5.41) is 18.2. The van der Waals surface area contributed by atoms with Gasteiger partial charge in [-0.2, -0.15) is 4.31 Å². The van der Waals surface area contributed by atoms with Crippen LogP contribution in [0.4, 0.5) is 0 Å². The molecule has 1 rings (SSSR count). The molecular weight excluding hydrogens is 278 g/mol. The van der Waals surface area contributed by atoms with Gasteiger partial charge in [-0.1, -0.05) is 18.6 Å². The molecule has 20 heavy (non-hydrogen) atoms. The summed E-state index contributed by atoms with van der Waals surface area (Å²) in [6.45, 7) is 7.51. The van der Waals surface area contributed by atoms with Gasteiger partial charge in [0.2, 0.25) is 10.0 Å². The Bertz CT molecular complexity index is 450. The van der Waals surface area contributed by atoms with E-state index < -0.39 is 14.8 Å². The van der Waals surface area contributed by atoms with E-state index in [1.807, 2.05) is 13.0 Å². The summed E-state index contributed by atoms with van der Waals surface area (Å²) in [5.41, 5.74) is 1.01. The number of hydrogen-bond donors (Lipinski definition) is 2. The molecule has 1 aliphatic heterocycles. The van der Waals surface area contributed by atoms with Crippen LogP contribution in [0.25, 0.3) is 0 Å². The number of rotatable bonds is 5. The van der Waals surface area contributed by atoms with Crippen molar-refractivity contribution < 1.29 is 18.6 Å². The summed E-state index contributed by atoms with van der Waals surface area (Å²) in [6, 6.07) is -0.286. The Morgan fingerprint density at radius 2 is 1.90 bits per heavy atom. The van der Waals surface area contributed by atoms with Gasteiger partial charge in [0, 0.05) is 25.8 Å². The number of hydrogen-bond acceptors (Lipinski definition) is 4. The summed E-state index contributed by atoms with van der Waals surface area (Å²) < 4.78 is 26.0. The van der Waals surface area contributed by atoms with Crippen LogP contribution in [0.5, 0.6) is 0 Å². The molecule has 2 N–H and O–H groups in total. The highest BCUT2D eigenvalue weighted by Gasteiger charge is 2.45. The molecule has 1 heterocycles. The van der Waals surface area contributed by atoms with Gasteiger partial charge in [0.1, 0.15) is 0 Å². The van der Waals surface area contributed by atoms with Crippen molar-refractivity contribution in [2.24, 2.45) is 5.92 Å². The quantitative estimate of drug-likeness (QED) is 0.746. The maximum absolute atomic E-state index is 12.7. The SMILES string of the molecule is C[C@H]1CN(S(=O)(=O)C(C)(C)C)[C@H](CCO)/C1=C\CCO. The summed E-state index contributed by atoms with van der Waals surface area (Å²) in [7, 11) is -3.42. The average Bonchev–Trinajstić information content (AvgIpc) is 2.63. The van der Waals surface area contributed by atoms with Crippen LogP contribution in [-0.2, 0) is 10.0 Å². The van der Waals surface area contributed by atoms with Crippen LogP contribution in [-0.4, -0.2) is 53.5 Å². The Kier molecular flexibility index (Phi) is 5.78. The first-order chi connectivity index (χ1) is 9.16. The lowest BCUT2D eigenvalue weighted by atomic mass is 9.97. The van der Waals surface area contributed by atoms with Gasteiger partial charge in [-0.3, -0.25) is 0 Å². The average molecular weight is 305 g/mol. The van der Waals surface area contributed by atoms with Crippen LogP contribution in [0.3, 0.4) is 0 Å². The first kappa shape index (κ1) is 17.6. The molecule has 1 aliphatic rings. The Labute approximate surface area is 122 Å². The maximum Gasteiger partial charge on any atom is 0.219 e. The first-order valence-corrected chi connectivity index (χ1v) is 8.54. The monoisotopic (exact) mass is 305 g/mol. The van der Waals surface area contributed by atoms with Crippen molar-refractivity contribution in [3.8, 4) is 0 Å². The molecule has 0 aromatic carbocycles. The van der Waals surface area contributed by atoms with E-state index in [0.29, 0.717) is 19.4 Å². The Hall–Kier alpha value is -0.430. The Morgan fingerprint density at radius 3 is 2.35 bits per heavy atom. The van der Waals surface area contributed by atoms with Gasteiger partial charge < -0.3 is 10.2 Å². The van der Waals surface area contributed by atoms with Gasteiger partial charge in [-0.15, -0.1) is 0 Å². The summed E-state index contributed by atoms with van der Waals surface area (Å²) in [4.78, 5) is 0. The van der Waals surface area contributed by atoms with Crippen LogP contribution in [0, 0.1) is 5.92 Å². The van der Waals surface area contributed by atoms with Crippen molar-refractivity contribution >= 4 is 10.0 Å². The Balaban J connectivity index is 3.16. The van der Waals surface area contributed by atoms with Crippen molar-refractivity contribution in [1.29, 1.82) is 0 Å². The molecule has 6 heteroatoms. The predicted molar refractivity (Wildman–Crippen MR) is 79.8 cm³/mol. The molecule has 0 aromatic rings. The highest BCUT2D eigenvalue weighted by Crippen LogP contribution is 2.36. The van der Waals surface area contributed by atoms with E-state index in [0.717, 1.165) is 5.57 Å². The lowest BCUT2D eigenvalue weighted by Gasteiger charge is -2.31. The zero-order chi connectivity index (χ0) is 15.6. The van der Waals surface area contributed by atoms with Gasteiger partial charge in [0.15, 0.2) is 0 Å². The van der Waals surface area contributed by atoms with E-state index in [1.165, 1.54) is 4.31 Å². The zero-order valence-corrected chi connectivity index (χ0v) is 13.7. The van der Waals surface area contributed by atoms with E-state index in [4.69, 9.17) is 5.11 Å². The minimum atomic E-state index is -3.42. The topological polar surface area (TPSA) is 77.8 Å². The first-order valence-electron chi connectivity index (χ1n) is 7.10. The standard InChI is InChI=1S/C14H27NO4S/c1-11-10-15(20(18,19)14(2,3)4)13(7-9-17)12(11)6-5-8-16/h6,11,13,16-17H,5,7-10H2,1-4H3/b12-6-/t11-,13+/m0/s1. The molecule has 0 bridgehead atoms. The lowest BCUT2D eigenvalue weighted by molar-refractivity contribution is 0.254. The van der Waals surface area contributed by atoms with Crippen LogP contribution in [0.2, 0.25) is 0 Å². The fraction of sp³-hybridized carbons (Fsp3) is 0.857. The van der Waals surface area contributed by atoms with Crippen molar-refractivity contribution in [2.45, 2.75) is 51.3 Å². The molecule has 0 aliphatic carbocycles. The van der Waals surface area contributed by atoms with Crippen molar-refractivity contribution in [3.05, 3.63) is 11.6 Å². The van der Waals surface area contributed by atoms with E-state index in [9.17, 15) is 13.5 Å². The van der Waals surface area contributed by atoms with Crippen molar-refractivity contribution in [3.63, 3.8) is 0 Å². The van der Waals surface area contributed by atoms with Gasteiger partial charge in [0.25, 0.3) is 0 Å². The minimum Gasteiger partial charge on any atom is -0.396 e. The van der Waals surface area contributed by atoms with E-state index in [-0.39, 0.29) is 25.2 Å². The summed E-state index contributed by atoms with van der Waals surface area (Å²) >= 11 is 0. The molecule has 0 radical (unpaired) electrons. The molecule has 0 amide bonds. The third kappa shape index (κ3) is 3.42. The lowest BCUT2D eigenvalue weighted by Crippen LogP contribution is -2.46. The van der Waals surface area contributed by atoms with Crippen molar-refractivity contribution in [1.82, 2.24) is 4.31 Å². The molecule has 5 nitrogen and oxygen atoms in total. The molecule has 118 valence electrons. The van der Waals surface area contributed by atoms with Crippen molar-refractivity contribution in [2.75, 3.05) is 19.8 Å². The highest BCUT2D eigenvalue weighted by molar-refractivity contribution is 7.90. The number of nitrogens with zero attached hydrogens (tertiary/aromatic N) is 1. The van der Waals surface area contributed by atoms with E-state index >= 15 is 0 Å². The molecular formula is C14H27NO4S. The van der Waals surface area contributed by atoms with Crippen LogP contribution in [0.1, 0.15) is 40.5 Å². The number of sulfonamides is 1. The third-order valence-corrected chi connectivity index (χ3v) is 6.32. The molecule has 0 aromatic heterocycles. The Morgan fingerprint density at radius 1 is 1.30 bits per heavy atom. The minimum absolute atomic E-state index is 0.0497. The summed E-state index contributed by atoms with van der Waals surface area (Å²) in [5.74, 6) is 0.121. The van der Waals surface area contributed by atoms with Crippen LogP contribution in [0.15, 0.2) is 11.6 Å². The smallest absolute Gasteiger partial charge is 0.219 e. The molecule has 0 saturated carbocycles. The number of aliphatic hydroxyl groups excluding tert-OH is 2. The third-order valence-electron chi connectivity index (χ3n) is 3.75. The van der Waals surface area contributed by atoms with Gasteiger partial charge in [0.05, 0.1) is 4.75 Å². The van der Waals surface area contributed by atoms with Crippen LogP contribution < -0.4 is 0 Å². The maximum atomic E-state index is 12.7. The second-order valence-electron chi connectivity index (χ2n) is 6.33. The summed E-state index contributed by atoms with van der Waals surface area (Å²) in [6.07, 6.45) is 2.84. The second kappa shape index (κ2) is 6.56. The van der Waals surface area contributed by atoms with Gasteiger partial charge in [-0.25, -0.2) is 8.42 Å². The van der Waals surface area contributed by atoms with E-state index in [1.54, 1.807) is 20.8 Å². The largest absolute Gasteiger partial charge is 0.396 e. The molecule has 1 fully saturated rings. The predicted octanol–water partition coefficient (Wildman–Crippen LogP) is 1.13.